The van der Waals surface area contributed by atoms with Crippen LogP contribution in [0, 0.1) is 6.92 Å². The number of anilines is 2. The Morgan fingerprint density at radius 1 is 1.36 bits per heavy atom. The van der Waals surface area contributed by atoms with Gasteiger partial charge in [-0.05, 0) is 51.0 Å². The molecule has 1 aromatic carbocycles. The highest BCUT2D eigenvalue weighted by Gasteiger charge is 2.33. The summed E-state index contributed by atoms with van der Waals surface area (Å²) in [6, 6.07) is 5.99. The molecule has 9 nitrogen and oxygen atoms in total. The Bertz CT molecular complexity index is 1030. The van der Waals surface area contributed by atoms with Gasteiger partial charge in [-0.15, -0.1) is 0 Å². The van der Waals surface area contributed by atoms with Crippen molar-refractivity contribution >= 4 is 33.4 Å². The van der Waals surface area contributed by atoms with Crippen LogP contribution in [0.15, 0.2) is 28.8 Å². The SMILES string of the molecule is Cc1cc(NC(=O)[C@@H](C)OC(=O)c2ccc3c(c2)C[C@H](C)N3S(C)(=O)=O)no1. The van der Waals surface area contributed by atoms with Gasteiger partial charge in [0.1, 0.15) is 5.76 Å². The number of rotatable bonds is 5. The predicted molar refractivity (Wildman–Crippen MR) is 102 cm³/mol. The summed E-state index contributed by atoms with van der Waals surface area (Å²) < 4.78 is 35.4. The van der Waals surface area contributed by atoms with Gasteiger partial charge in [-0.1, -0.05) is 5.16 Å². The second-order valence-corrected chi connectivity index (χ2v) is 8.67. The Hall–Kier alpha value is -2.88. The number of nitrogens with zero attached hydrogens (tertiary/aromatic N) is 2. The van der Waals surface area contributed by atoms with E-state index in [1.165, 1.54) is 17.3 Å². The van der Waals surface area contributed by atoms with Crippen LogP contribution in [0.3, 0.4) is 0 Å². The van der Waals surface area contributed by atoms with Crippen LogP contribution in [-0.4, -0.2) is 43.9 Å². The second kappa shape index (κ2) is 7.27. The van der Waals surface area contributed by atoms with Gasteiger partial charge in [0.15, 0.2) is 11.9 Å². The van der Waals surface area contributed by atoms with Crippen LogP contribution in [0.4, 0.5) is 11.5 Å². The largest absolute Gasteiger partial charge is 0.449 e. The van der Waals surface area contributed by atoms with Crippen LogP contribution in [0.5, 0.6) is 0 Å². The van der Waals surface area contributed by atoms with E-state index >= 15 is 0 Å². The third kappa shape index (κ3) is 4.01. The molecule has 0 aliphatic carbocycles. The summed E-state index contributed by atoms with van der Waals surface area (Å²) in [5, 5.41) is 6.14. The first-order valence-corrected chi connectivity index (χ1v) is 10.5. The summed E-state index contributed by atoms with van der Waals surface area (Å²) in [5.74, 6) is -0.444. The molecule has 0 bridgehead atoms. The smallest absolute Gasteiger partial charge is 0.338 e. The first-order chi connectivity index (χ1) is 13.1. The molecular formula is C18H21N3O6S. The zero-order valence-electron chi connectivity index (χ0n) is 15.9. The van der Waals surface area contributed by atoms with Gasteiger partial charge in [0.25, 0.3) is 5.91 Å². The van der Waals surface area contributed by atoms with Gasteiger partial charge in [0.05, 0.1) is 17.5 Å². The number of aryl methyl sites for hydroxylation is 1. The molecule has 3 rings (SSSR count). The number of carbonyl (C=O) groups is 2. The van der Waals surface area contributed by atoms with E-state index in [1.54, 1.807) is 32.0 Å². The van der Waals surface area contributed by atoms with Crippen molar-refractivity contribution in [3.63, 3.8) is 0 Å². The molecule has 1 aliphatic heterocycles. The molecular weight excluding hydrogens is 386 g/mol. The maximum atomic E-state index is 12.4. The number of esters is 1. The molecule has 0 saturated carbocycles. The van der Waals surface area contributed by atoms with Gasteiger partial charge in [-0.3, -0.25) is 9.10 Å². The van der Waals surface area contributed by atoms with Crippen LogP contribution < -0.4 is 9.62 Å². The van der Waals surface area contributed by atoms with Crippen molar-refractivity contribution < 1.29 is 27.3 Å². The van der Waals surface area contributed by atoms with Gasteiger partial charge in [-0.25, -0.2) is 13.2 Å². The minimum absolute atomic E-state index is 0.230. The predicted octanol–water partition coefficient (Wildman–Crippen LogP) is 1.88. The van der Waals surface area contributed by atoms with E-state index in [0.29, 0.717) is 17.9 Å². The highest BCUT2D eigenvalue weighted by molar-refractivity contribution is 7.92. The highest BCUT2D eigenvalue weighted by atomic mass is 32.2. The number of hydrogen-bond donors (Lipinski definition) is 1. The highest BCUT2D eigenvalue weighted by Crippen LogP contribution is 2.34. The van der Waals surface area contributed by atoms with E-state index in [2.05, 4.69) is 10.5 Å². The molecule has 10 heteroatoms. The van der Waals surface area contributed by atoms with E-state index in [9.17, 15) is 18.0 Å². The van der Waals surface area contributed by atoms with Crippen molar-refractivity contribution in [3.8, 4) is 0 Å². The molecule has 1 N–H and O–H groups in total. The van der Waals surface area contributed by atoms with Gasteiger partial charge in [0, 0.05) is 12.1 Å². The Morgan fingerprint density at radius 3 is 2.68 bits per heavy atom. The lowest BCUT2D eigenvalue weighted by atomic mass is 10.1. The molecule has 0 spiro atoms. The molecule has 1 amide bonds. The van der Waals surface area contributed by atoms with Crippen molar-refractivity contribution in [2.45, 2.75) is 39.3 Å². The lowest BCUT2D eigenvalue weighted by Gasteiger charge is -2.22. The van der Waals surface area contributed by atoms with Crippen molar-refractivity contribution in [2.75, 3.05) is 15.9 Å². The average molecular weight is 407 g/mol. The monoisotopic (exact) mass is 407 g/mol. The molecule has 28 heavy (non-hydrogen) atoms. The van der Waals surface area contributed by atoms with Crippen molar-refractivity contribution in [1.29, 1.82) is 0 Å². The van der Waals surface area contributed by atoms with Gasteiger partial charge in [0.2, 0.25) is 10.0 Å². The number of aromatic nitrogens is 1. The van der Waals surface area contributed by atoms with Crippen molar-refractivity contribution in [2.24, 2.45) is 0 Å². The molecule has 0 radical (unpaired) electrons. The average Bonchev–Trinajstić information content (AvgIpc) is 3.15. The Labute approximate surface area is 162 Å². The summed E-state index contributed by atoms with van der Waals surface area (Å²) in [6.07, 6.45) is 0.590. The Balaban J connectivity index is 1.70. The van der Waals surface area contributed by atoms with Crippen LogP contribution in [0.1, 0.15) is 35.5 Å². The number of hydrogen-bond acceptors (Lipinski definition) is 7. The molecule has 2 atom stereocenters. The van der Waals surface area contributed by atoms with Crippen LogP contribution in [-0.2, 0) is 26.0 Å². The third-order valence-corrected chi connectivity index (χ3v) is 5.63. The fourth-order valence-corrected chi connectivity index (χ4v) is 4.43. The summed E-state index contributed by atoms with van der Waals surface area (Å²) in [6.45, 7) is 4.93. The summed E-state index contributed by atoms with van der Waals surface area (Å²) in [5.41, 5.74) is 1.54. The van der Waals surface area contributed by atoms with Crippen LogP contribution in [0.2, 0.25) is 0 Å². The number of nitrogens with one attached hydrogen (secondary N) is 1. The van der Waals surface area contributed by atoms with E-state index in [1.807, 2.05) is 0 Å². The number of sulfonamides is 1. The molecule has 2 heterocycles. The van der Waals surface area contributed by atoms with E-state index < -0.39 is 28.0 Å². The first-order valence-electron chi connectivity index (χ1n) is 8.63. The number of amides is 1. The topological polar surface area (TPSA) is 119 Å². The third-order valence-electron chi connectivity index (χ3n) is 4.36. The minimum Gasteiger partial charge on any atom is -0.449 e. The standard InChI is InChI=1S/C18H21N3O6S/c1-10-7-14-9-13(5-6-15(14)21(10)28(4,24)25)18(23)26-12(3)17(22)19-16-8-11(2)27-20-16/h5-6,8-10,12H,7H2,1-4H3,(H,19,20,22)/t10-,12+/m0/s1. The Kier molecular flexibility index (Phi) is 5.16. The number of ether oxygens (including phenoxy) is 1. The zero-order chi connectivity index (χ0) is 20.6. The Morgan fingerprint density at radius 2 is 2.07 bits per heavy atom. The minimum atomic E-state index is -3.41. The first kappa shape index (κ1) is 19.9. The molecule has 0 fully saturated rings. The van der Waals surface area contributed by atoms with Crippen LogP contribution >= 0.6 is 0 Å². The summed E-state index contributed by atoms with van der Waals surface area (Å²) >= 11 is 0. The maximum absolute atomic E-state index is 12.4. The molecule has 1 aliphatic rings. The molecule has 0 saturated heterocycles. The molecule has 2 aromatic rings. The van der Waals surface area contributed by atoms with Gasteiger partial charge < -0.3 is 14.6 Å². The van der Waals surface area contributed by atoms with Crippen LogP contribution in [0.25, 0.3) is 0 Å². The normalized spacial score (nSPS) is 17.1. The number of carbonyl (C=O) groups excluding carboxylic acids is 2. The quantitative estimate of drug-likeness (QED) is 0.752. The molecule has 0 unspecified atom stereocenters. The number of benzene rings is 1. The summed E-state index contributed by atoms with van der Waals surface area (Å²) in [7, 11) is -3.41. The van der Waals surface area contributed by atoms with E-state index in [-0.39, 0.29) is 17.4 Å². The summed E-state index contributed by atoms with van der Waals surface area (Å²) in [4.78, 5) is 24.5. The lowest BCUT2D eigenvalue weighted by Crippen LogP contribution is -2.34. The van der Waals surface area contributed by atoms with E-state index in [4.69, 9.17) is 9.26 Å². The van der Waals surface area contributed by atoms with Gasteiger partial charge >= 0.3 is 5.97 Å². The van der Waals surface area contributed by atoms with Gasteiger partial charge in [-0.2, -0.15) is 0 Å². The lowest BCUT2D eigenvalue weighted by molar-refractivity contribution is -0.123. The fraction of sp³-hybridized carbons (Fsp3) is 0.389. The molecule has 1 aromatic heterocycles. The van der Waals surface area contributed by atoms with E-state index in [0.717, 1.165) is 11.8 Å². The van der Waals surface area contributed by atoms with Crippen molar-refractivity contribution in [3.05, 3.63) is 41.2 Å². The zero-order valence-corrected chi connectivity index (χ0v) is 16.7. The molecule has 150 valence electrons. The number of fused-ring (bicyclic) bond motifs is 1. The maximum Gasteiger partial charge on any atom is 0.338 e. The fourth-order valence-electron chi connectivity index (χ4n) is 3.17. The van der Waals surface area contributed by atoms with Crippen molar-refractivity contribution in [1.82, 2.24) is 5.16 Å². The second-order valence-electron chi connectivity index (χ2n) is 6.82.